The van der Waals surface area contributed by atoms with Crippen LogP contribution in [0.4, 0.5) is 4.39 Å². The van der Waals surface area contributed by atoms with Gasteiger partial charge in [0.15, 0.2) is 0 Å². The summed E-state index contributed by atoms with van der Waals surface area (Å²) in [4.78, 5) is 13.5. The number of hydrogen-bond donors (Lipinski definition) is 0. The monoisotopic (exact) mass is 757 g/mol. The summed E-state index contributed by atoms with van der Waals surface area (Å²) in [6, 6.07) is 14.7. The van der Waals surface area contributed by atoms with Crippen molar-refractivity contribution in [1.82, 2.24) is 24.1 Å². The van der Waals surface area contributed by atoms with Crippen LogP contribution in [0.2, 0.25) is 5.02 Å². The van der Waals surface area contributed by atoms with Crippen LogP contribution in [0.3, 0.4) is 0 Å². The lowest BCUT2D eigenvalue weighted by Crippen LogP contribution is -2.13. The summed E-state index contributed by atoms with van der Waals surface area (Å²) in [7, 11) is 4.96. The number of aryl methyl sites for hydroxylation is 6. The van der Waals surface area contributed by atoms with E-state index in [4.69, 9.17) is 45.5 Å². The van der Waals surface area contributed by atoms with Crippen LogP contribution in [0, 0.1) is 19.7 Å². The van der Waals surface area contributed by atoms with Crippen LogP contribution in [0.15, 0.2) is 48.5 Å². The molecule has 0 aliphatic carbocycles. The maximum absolute atomic E-state index is 14.4. The van der Waals surface area contributed by atoms with Crippen molar-refractivity contribution in [2.75, 3.05) is 40.6 Å². The van der Waals surface area contributed by atoms with Crippen molar-refractivity contribution < 1.29 is 32.9 Å². The molecule has 0 amide bonds. The molecule has 0 N–H and O–H groups in total. The summed E-state index contributed by atoms with van der Waals surface area (Å²) in [6.07, 6.45) is 2.00. The number of nitrogens with zero attached hydrogens (tertiary/aromatic N) is 5. The highest BCUT2D eigenvalue weighted by atomic mass is 35.5. The number of halogens is 2. The third-order valence-electron chi connectivity index (χ3n) is 10.1. The number of hydrogen-bond acceptors (Lipinski definition) is 8. The van der Waals surface area contributed by atoms with Crippen molar-refractivity contribution in [2.24, 2.45) is 7.05 Å². The fourth-order valence-corrected chi connectivity index (χ4v) is 7.82. The zero-order valence-corrected chi connectivity index (χ0v) is 32.1. The van der Waals surface area contributed by atoms with Crippen molar-refractivity contribution in [3.05, 3.63) is 99.0 Å². The van der Waals surface area contributed by atoms with Gasteiger partial charge in [-0.3, -0.25) is 9.36 Å². The third kappa shape index (κ3) is 7.48. The number of aromatic nitrogens is 5. The average Bonchev–Trinajstić information content (AvgIpc) is 3.77. The lowest BCUT2D eigenvalue weighted by Gasteiger charge is -2.15. The first-order valence-electron chi connectivity index (χ1n) is 18.2. The second-order valence-corrected chi connectivity index (χ2v) is 14.0. The minimum atomic E-state index is -0.444. The Morgan fingerprint density at radius 2 is 1.83 bits per heavy atom. The molecule has 1 aliphatic heterocycles. The maximum atomic E-state index is 14.4. The molecule has 54 heavy (non-hydrogen) atoms. The van der Waals surface area contributed by atoms with Gasteiger partial charge >= 0.3 is 5.97 Å². The number of ether oxygens (including phenoxy) is 5. The molecule has 8 bridgehead atoms. The molecule has 3 aromatic carbocycles. The van der Waals surface area contributed by atoms with Crippen LogP contribution in [0.25, 0.3) is 32.8 Å². The first kappa shape index (κ1) is 37.6. The minimum absolute atomic E-state index is 0.226. The fourth-order valence-electron chi connectivity index (χ4n) is 7.56. The molecule has 1 aliphatic rings. The van der Waals surface area contributed by atoms with Gasteiger partial charge in [-0.2, -0.15) is 10.2 Å². The highest BCUT2D eigenvalue weighted by Gasteiger charge is 2.28. The van der Waals surface area contributed by atoms with Crippen LogP contribution in [0.1, 0.15) is 50.8 Å². The van der Waals surface area contributed by atoms with E-state index >= 15 is 0 Å². The van der Waals surface area contributed by atoms with E-state index in [1.54, 1.807) is 19.2 Å². The van der Waals surface area contributed by atoms with E-state index in [1.807, 2.05) is 59.1 Å². The van der Waals surface area contributed by atoms with E-state index in [0.29, 0.717) is 68.8 Å². The summed E-state index contributed by atoms with van der Waals surface area (Å²) in [6.45, 7) is 7.09. The molecular weight excluding hydrogens is 713 g/mol. The molecule has 3 aromatic heterocycles. The smallest absolute Gasteiger partial charge is 0.354 e. The first-order valence-corrected chi connectivity index (χ1v) is 18.5. The number of fused-ring (bicyclic) bond motifs is 8. The number of benzene rings is 3. The molecule has 0 unspecified atom stereocenters. The van der Waals surface area contributed by atoms with E-state index < -0.39 is 5.97 Å². The Morgan fingerprint density at radius 1 is 0.981 bits per heavy atom. The molecule has 7 rings (SSSR count). The molecule has 0 atom stereocenters. The van der Waals surface area contributed by atoms with Crippen molar-refractivity contribution in [3.8, 4) is 16.9 Å². The van der Waals surface area contributed by atoms with Gasteiger partial charge in [0.05, 0.1) is 70.4 Å². The molecule has 0 fully saturated rings. The Bertz CT molecular complexity index is 2330. The van der Waals surface area contributed by atoms with Gasteiger partial charge in [0.1, 0.15) is 17.3 Å². The molecule has 0 saturated heterocycles. The highest BCUT2D eigenvalue weighted by molar-refractivity contribution is 6.35. The van der Waals surface area contributed by atoms with Crippen molar-refractivity contribution in [1.29, 1.82) is 0 Å². The summed E-state index contributed by atoms with van der Waals surface area (Å²) in [5, 5.41) is 12.7. The second kappa shape index (κ2) is 16.3. The van der Waals surface area contributed by atoms with E-state index in [1.165, 1.54) is 13.2 Å². The van der Waals surface area contributed by atoms with Gasteiger partial charge in [0.25, 0.3) is 0 Å². The summed E-state index contributed by atoms with van der Waals surface area (Å²) in [5.41, 5.74) is 8.14. The van der Waals surface area contributed by atoms with E-state index in [0.717, 1.165) is 73.1 Å². The fraction of sp³-hybridized carbons (Fsp3) is 0.390. The van der Waals surface area contributed by atoms with Gasteiger partial charge in [-0.1, -0.05) is 17.7 Å². The Balaban J connectivity index is 1.35. The second-order valence-electron chi connectivity index (χ2n) is 13.6. The van der Waals surface area contributed by atoms with Gasteiger partial charge in [0, 0.05) is 58.8 Å². The lowest BCUT2D eigenvalue weighted by molar-refractivity contribution is 0.0587. The Morgan fingerprint density at radius 3 is 2.65 bits per heavy atom. The van der Waals surface area contributed by atoms with E-state index in [-0.39, 0.29) is 19.0 Å². The summed E-state index contributed by atoms with van der Waals surface area (Å²) >= 11 is 7.12. The number of carbonyl (C=O) groups is 1. The first-order chi connectivity index (χ1) is 26.2. The van der Waals surface area contributed by atoms with Crippen LogP contribution >= 0.6 is 11.6 Å². The molecule has 13 heteroatoms. The van der Waals surface area contributed by atoms with Crippen LogP contribution in [-0.4, -0.2) is 70.7 Å². The minimum Gasteiger partial charge on any atom is -0.493 e. The topological polar surface area (TPSA) is 104 Å². The largest absolute Gasteiger partial charge is 0.493 e. The van der Waals surface area contributed by atoms with E-state index in [9.17, 15) is 9.18 Å². The molecule has 0 saturated carbocycles. The van der Waals surface area contributed by atoms with Gasteiger partial charge in [-0.25, -0.2) is 9.18 Å². The van der Waals surface area contributed by atoms with Crippen LogP contribution in [0.5, 0.6) is 5.75 Å². The zero-order valence-electron chi connectivity index (χ0n) is 31.3. The maximum Gasteiger partial charge on any atom is 0.354 e. The predicted octanol–water partition coefficient (Wildman–Crippen LogP) is 7.53. The number of methoxy groups -OCH3 is 2. The van der Waals surface area contributed by atoms with Gasteiger partial charge in [-0.15, -0.1) is 0 Å². The molecule has 284 valence electrons. The van der Waals surface area contributed by atoms with Gasteiger partial charge in [0.2, 0.25) is 0 Å². The Labute approximate surface area is 318 Å². The number of esters is 1. The third-order valence-corrected chi connectivity index (χ3v) is 10.4. The normalized spacial score (nSPS) is 13.9. The molecule has 11 nitrogen and oxygen atoms in total. The SMILES string of the molecule is COCCOCCn1nc(C)c2c1COCc1cc(n(C)n1)CCc1cc(c3ccc(F)cc3c1)OCCCn1c(C(=O)OC)c(C)c3c-2c(Cl)ccc31. The van der Waals surface area contributed by atoms with Crippen molar-refractivity contribution in [2.45, 2.75) is 59.4 Å². The predicted molar refractivity (Wildman–Crippen MR) is 205 cm³/mol. The number of carbonyl (C=O) groups excluding carboxylic acids is 1. The molecule has 6 aromatic rings. The standard InChI is InChI=1S/C41H45ClFN5O6/c1-25-37-34-12-11-33(42)39(37)38-26(2)44-48(14-16-52-18-17-50-4)35(38)24-53-23-30-22-31(46(3)45-30)9-7-27-19-28-21-29(43)8-10-32(28)36(20-27)54-15-6-13-47(34)40(25)41(49)51-5/h8,10-12,19-22H,6-7,9,13-18,23-24H2,1-5H3. The molecular formula is C41H45ClFN5O6. The lowest BCUT2D eigenvalue weighted by atomic mass is 9.97. The van der Waals surface area contributed by atoms with Crippen LogP contribution < -0.4 is 4.74 Å². The summed E-state index contributed by atoms with van der Waals surface area (Å²) in [5.74, 6) is -0.0578. The van der Waals surface area contributed by atoms with Crippen molar-refractivity contribution >= 4 is 39.2 Å². The van der Waals surface area contributed by atoms with Gasteiger partial charge < -0.3 is 28.3 Å². The molecule has 0 spiro atoms. The Hall–Kier alpha value is -4.75. The summed E-state index contributed by atoms with van der Waals surface area (Å²) < 4.78 is 49.3. The zero-order chi connectivity index (χ0) is 37.9. The molecule has 0 radical (unpaired) electrons. The average molecular weight is 758 g/mol. The van der Waals surface area contributed by atoms with Gasteiger partial charge in [-0.05, 0) is 92.1 Å². The number of rotatable bonds is 7. The quantitative estimate of drug-likeness (QED) is 0.122. The Kier molecular flexibility index (Phi) is 11.4. The van der Waals surface area contributed by atoms with Crippen LogP contribution in [-0.2, 0) is 65.1 Å². The molecule has 4 heterocycles. The van der Waals surface area contributed by atoms with Crippen molar-refractivity contribution in [3.63, 3.8) is 0 Å². The van der Waals surface area contributed by atoms with E-state index in [2.05, 4.69) is 6.07 Å². The highest BCUT2D eigenvalue weighted by Crippen LogP contribution is 2.43.